The molecule has 0 aliphatic heterocycles. The van der Waals surface area contributed by atoms with E-state index >= 15 is 0 Å². The van der Waals surface area contributed by atoms with Crippen LogP contribution in [0, 0.1) is 20.8 Å². The molecule has 1 N–H and O–H groups in total. The summed E-state index contributed by atoms with van der Waals surface area (Å²) in [4.78, 5) is 12.0. The molecule has 0 saturated carbocycles. The first-order valence-electron chi connectivity index (χ1n) is 7.93. The van der Waals surface area contributed by atoms with Crippen molar-refractivity contribution in [2.24, 2.45) is 0 Å². The van der Waals surface area contributed by atoms with Gasteiger partial charge < -0.3 is 5.32 Å². The van der Waals surface area contributed by atoms with Gasteiger partial charge in [0.1, 0.15) is 0 Å². The number of hydrogen-bond donors (Lipinski definition) is 1. The Bertz CT molecular complexity index is 629. The van der Waals surface area contributed by atoms with E-state index in [1.807, 2.05) is 0 Å². The molecule has 1 amide bonds. The van der Waals surface area contributed by atoms with E-state index in [-0.39, 0.29) is 5.91 Å². The molecule has 2 heteroatoms. The molecular weight excluding hydrogens is 270 g/mol. The molecule has 116 valence electrons. The lowest BCUT2D eigenvalue weighted by atomic mass is 10.0. The molecule has 0 spiro atoms. The second-order valence-corrected chi connectivity index (χ2v) is 6.05. The second kappa shape index (κ2) is 7.79. The highest BCUT2D eigenvalue weighted by Gasteiger charge is 2.05. The van der Waals surface area contributed by atoms with Crippen molar-refractivity contribution in [1.29, 1.82) is 0 Å². The zero-order chi connectivity index (χ0) is 15.9. The van der Waals surface area contributed by atoms with Gasteiger partial charge in [0.15, 0.2) is 0 Å². The molecule has 0 aliphatic rings. The Morgan fingerprint density at radius 2 is 1.64 bits per heavy atom. The van der Waals surface area contributed by atoms with E-state index in [2.05, 4.69) is 68.6 Å². The van der Waals surface area contributed by atoms with E-state index in [9.17, 15) is 4.79 Å². The van der Waals surface area contributed by atoms with Gasteiger partial charge in [-0.05, 0) is 50.3 Å². The van der Waals surface area contributed by atoms with Gasteiger partial charge in [-0.3, -0.25) is 4.79 Å². The summed E-state index contributed by atoms with van der Waals surface area (Å²) in [6.07, 6.45) is 2.45. The molecule has 22 heavy (non-hydrogen) atoms. The topological polar surface area (TPSA) is 29.1 Å². The van der Waals surface area contributed by atoms with Gasteiger partial charge in [0.2, 0.25) is 5.91 Å². The molecule has 0 unspecified atom stereocenters. The van der Waals surface area contributed by atoms with Gasteiger partial charge in [-0.25, -0.2) is 0 Å². The van der Waals surface area contributed by atoms with Crippen LogP contribution in [-0.2, 0) is 17.6 Å². The highest BCUT2D eigenvalue weighted by molar-refractivity contribution is 5.78. The molecule has 0 atom stereocenters. The normalized spacial score (nSPS) is 10.5. The third kappa shape index (κ3) is 5.03. The number of rotatable bonds is 6. The van der Waals surface area contributed by atoms with Crippen molar-refractivity contribution in [3.05, 3.63) is 70.3 Å². The lowest BCUT2D eigenvalue weighted by Crippen LogP contribution is -2.26. The van der Waals surface area contributed by atoms with Crippen LogP contribution in [-0.4, -0.2) is 12.5 Å². The summed E-state index contributed by atoms with van der Waals surface area (Å²) in [5.41, 5.74) is 6.11. The van der Waals surface area contributed by atoms with Crippen LogP contribution < -0.4 is 5.32 Å². The predicted molar refractivity (Wildman–Crippen MR) is 92.1 cm³/mol. The molecule has 2 nitrogen and oxygen atoms in total. The first kappa shape index (κ1) is 16.3. The van der Waals surface area contributed by atoms with Crippen molar-refractivity contribution in [3.63, 3.8) is 0 Å². The van der Waals surface area contributed by atoms with Crippen LogP contribution in [0.25, 0.3) is 0 Å². The summed E-state index contributed by atoms with van der Waals surface area (Å²) in [7, 11) is 0. The van der Waals surface area contributed by atoms with Gasteiger partial charge in [0, 0.05) is 6.54 Å². The number of benzene rings is 2. The maximum absolute atomic E-state index is 12.0. The molecule has 0 saturated heterocycles. The van der Waals surface area contributed by atoms with E-state index < -0.39 is 0 Å². The Morgan fingerprint density at radius 3 is 2.36 bits per heavy atom. The Balaban J connectivity index is 1.74. The molecule has 0 fully saturated rings. The molecule has 2 rings (SSSR count). The number of aryl methyl sites for hydroxylation is 4. The van der Waals surface area contributed by atoms with Crippen molar-refractivity contribution in [1.82, 2.24) is 5.32 Å². The fraction of sp³-hybridized carbons (Fsp3) is 0.350. The maximum atomic E-state index is 12.0. The Hall–Kier alpha value is -2.09. The highest BCUT2D eigenvalue weighted by Crippen LogP contribution is 2.11. The first-order chi connectivity index (χ1) is 10.5. The Labute approximate surface area is 133 Å². The standard InChI is InChI=1S/C20H25NO/c1-15-7-10-18(11-8-15)5-4-12-21-20(22)14-19-13-16(2)6-9-17(19)3/h6-11,13H,4-5,12,14H2,1-3H3,(H,21,22). The lowest BCUT2D eigenvalue weighted by Gasteiger charge is -2.08. The molecule has 2 aromatic rings. The summed E-state index contributed by atoms with van der Waals surface area (Å²) in [6, 6.07) is 14.8. The van der Waals surface area contributed by atoms with Gasteiger partial charge in [-0.2, -0.15) is 0 Å². The smallest absolute Gasteiger partial charge is 0.224 e. The van der Waals surface area contributed by atoms with Crippen LogP contribution in [0.1, 0.15) is 34.2 Å². The van der Waals surface area contributed by atoms with Crippen LogP contribution in [0.5, 0.6) is 0 Å². The second-order valence-electron chi connectivity index (χ2n) is 6.05. The van der Waals surface area contributed by atoms with Gasteiger partial charge in [0.05, 0.1) is 6.42 Å². The SMILES string of the molecule is Cc1ccc(CCCNC(=O)Cc2cc(C)ccc2C)cc1. The van der Waals surface area contributed by atoms with Crippen molar-refractivity contribution in [2.45, 2.75) is 40.0 Å². The van der Waals surface area contributed by atoms with Crippen molar-refractivity contribution in [3.8, 4) is 0 Å². The minimum Gasteiger partial charge on any atom is -0.356 e. The van der Waals surface area contributed by atoms with Crippen LogP contribution >= 0.6 is 0 Å². The van der Waals surface area contributed by atoms with Gasteiger partial charge in [-0.15, -0.1) is 0 Å². The number of carbonyl (C=O) groups is 1. The van der Waals surface area contributed by atoms with E-state index in [1.54, 1.807) is 0 Å². The third-order valence-corrected chi connectivity index (χ3v) is 3.94. The fourth-order valence-corrected chi connectivity index (χ4v) is 2.50. The van der Waals surface area contributed by atoms with Crippen molar-refractivity contribution in [2.75, 3.05) is 6.54 Å². The van der Waals surface area contributed by atoms with Gasteiger partial charge in [0.25, 0.3) is 0 Å². The summed E-state index contributed by atoms with van der Waals surface area (Å²) in [5, 5.41) is 3.02. The molecular formula is C20H25NO. The zero-order valence-electron chi connectivity index (χ0n) is 13.8. The summed E-state index contributed by atoms with van der Waals surface area (Å²) < 4.78 is 0. The quantitative estimate of drug-likeness (QED) is 0.805. The number of nitrogens with one attached hydrogen (secondary N) is 1. The zero-order valence-corrected chi connectivity index (χ0v) is 13.8. The maximum Gasteiger partial charge on any atom is 0.224 e. The first-order valence-corrected chi connectivity index (χ1v) is 7.93. The van der Waals surface area contributed by atoms with Crippen LogP contribution in [0.15, 0.2) is 42.5 Å². The Kier molecular flexibility index (Phi) is 5.76. The average Bonchev–Trinajstić information content (AvgIpc) is 2.49. The summed E-state index contributed by atoms with van der Waals surface area (Å²) in [6.45, 7) is 6.94. The molecule has 2 aromatic carbocycles. The molecule has 0 aliphatic carbocycles. The van der Waals surface area contributed by atoms with Gasteiger partial charge >= 0.3 is 0 Å². The Morgan fingerprint density at radius 1 is 0.955 bits per heavy atom. The monoisotopic (exact) mass is 295 g/mol. The molecule has 0 bridgehead atoms. The predicted octanol–water partition coefficient (Wildman–Crippen LogP) is 3.90. The van der Waals surface area contributed by atoms with Crippen molar-refractivity contribution >= 4 is 5.91 Å². The average molecular weight is 295 g/mol. The number of carbonyl (C=O) groups excluding carboxylic acids is 1. The van der Waals surface area contributed by atoms with Crippen molar-refractivity contribution < 1.29 is 4.79 Å². The number of hydrogen-bond acceptors (Lipinski definition) is 1. The molecule has 0 aromatic heterocycles. The number of amides is 1. The van der Waals surface area contributed by atoms with Crippen LogP contribution in [0.4, 0.5) is 0 Å². The summed E-state index contributed by atoms with van der Waals surface area (Å²) >= 11 is 0. The fourth-order valence-electron chi connectivity index (χ4n) is 2.50. The molecule has 0 heterocycles. The third-order valence-electron chi connectivity index (χ3n) is 3.94. The minimum atomic E-state index is 0.109. The van der Waals surface area contributed by atoms with Crippen LogP contribution in [0.2, 0.25) is 0 Å². The lowest BCUT2D eigenvalue weighted by molar-refractivity contribution is -0.120. The van der Waals surface area contributed by atoms with E-state index in [4.69, 9.17) is 0 Å². The van der Waals surface area contributed by atoms with Crippen LogP contribution in [0.3, 0.4) is 0 Å². The highest BCUT2D eigenvalue weighted by atomic mass is 16.1. The van der Waals surface area contributed by atoms with E-state index in [0.717, 1.165) is 24.9 Å². The van der Waals surface area contributed by atoms with E-state index in [1.165, 1.54) is 22.3 Å². The molecule has 0 radical (unpaired) electrons. The van der Waals surface area contributed by atoms with E-state index in [0.29, 0.717) is 6.42 Å². The van der Waals surface area contributed by atoms with Gasteiger partial charge in [-0.1, -0.05) is 53.6 Å². The summed E-state index contributed by atoms with van der Waals surface area (Å²) in [5.74, 6) is 0.109. The minimum absolute atomic E-state index is 0.109. The largest absolute Gasteiger partial charge is 0.356 e.